The third kappa shape index (κ3) is 4.78. The minimum absolute atomic E-state index is 0.142. The number of nitrogens with two attached hydrogens (primary N) is 1. The van der Waals surface area contributed by atoms with Crippen molar-refractivity contribution in [1.29, 1.82) is 0 Å². The minimum Gasteiger partial charge on any atom is -0.398 e. The van der Waals surface area contributed by atoms with E-state index in [1.54, 1.807) is 18.6 Å². The van der Waals surface area contributed by atoms with Gasteiger partial charge in [-0.1, -0.05) is 10.3 Å². The largest absolute Gasteiger partial charge is 0.398 e. The molecule has 17 heteroatoms. The number of carbonyl (C=O) groups excluding carboxylic acids is 3. The highest BCUT2D eigenvalue weighted by Gasteiger charge is 2.43. The van der Waals surface area contributed by atoms with Crippen molar-refractivity contribution in [2.45, 2.75) is 19.9 Å². The van der Waals surface area contributed by atoms with Crippen LogP contribution in [0.1, 0.15) is 17.0 Å². The molecular formula is C15H18N8O7S2. The van der Waals surface area contributed by atoms with Crippen LogP contribution in [0.2, 0.25) is 0 Å². The van der Waals surface area contributed by atoms with Crippen LogP contribution in [0, 0.1) is 13.8 Å². The molecule has 15 nitrogen and oxygen atoms in total. The predicted octanol–water partition coefficient (Wildman–Crippen LogP) is -0.926. The van der Waals surface area contributed by atoms with E-state index < -0.39 is 34.1 Å². The number of carbonyl (C=O) groups is 3. The SMILES string of the molecule is CO/N=C(\C(=O)N[C@H]1CN(C(=O)NS(=O)(=O)Nc2onc(C)c2C)C1=O)c1csc(N)n1. The molecule has 1 saturated heterocycles. The van der Waals surface area contributed by atoms with Crippen molar-refractivity contribution in [2.24, 2.45) is 5.16 Å². The van der Waals surface area contributed by atoms with E-state index in [0.717, 1.165) is 11.3 Å². The Hall–Kier alpha value is -3.73. The molecule has 1 atom stereocenters. The van der Waals surface area contributed by atoms with Gasteiger partial charge in [-0.2, -0.15) is 8.42 Å². The number of oxime groups is 1. The molecule has 0 aliphatic carbocycles. The lowest BCUT2D eigenvalue weighted by molar-refractivity contribution is -0.141. The third-order valence-corrected chi connectivity index (χ3v) is 5.82. The second kappa shape index (κ2) is 8.79. The second-order valence-electron chi connectivity index (χ2n) is 6.40. The number of nitrogen functional groups attached to an aromatic ring is 1. The molecule has 2 aromatic rings. The van der Waals surface area contributed by atoms with E-state index in [-0.39, 0.29) is 29.0 Å². The molecular weight excluding hydrogens is 468 g/mol. The highest BCUT2D eigenvalue weighted by Crippen LogP contribution is 2.19. The van der Waals surface area contributed by atoms with Gasteiger partial charge in [0.15, 0.2) is 10.8 Å². The van der Waals surface area contributed by atoms with Crippen LogP contribution in [0.15, 0.2) is 15.1 Å². The van der Waals surface area contributed by atoms with Gasteiger partial charge in [-0.05, 0) is 13.8 Å². The van der Waals surface area contributed by atoms with Gasteiger partial charge in [-0.25, -0.2) is 19.2 Å². The quantitative estimate of drug-likeness (QED) is 0.214. The molecule has 4 amide bonds. The monoisotopic (exact) mass is 486 g/mol. The van der Waals surface area contributed by atoms with Gasteiger partial charge in [0.05, 0.1) is 12.2 Å². The number of urea groups is 1. The van der Waals surface area contributed by atoms with Crippen LogP contribution in [0.4, 0.5) is 15.8 Å². The number of amides is 4. The smallest absolute Gasteiger partial charge is 0.339 e. The Balaban J connectivity index is 1.58. The number of hydrogen-bond donors (Lipinski definition) is 4. The lowest BCUT2D eigenvalue weighted by atomic mass is 10.1. The third-order valence-electron chi connectivity index (χ3n) is 4.25. The number of aromatic nitrogens is 2. The lowest BCUT2D eigenvalue weighted by Gasteiger charge is -2.36. The van der Waals surface area contributed by atoms with Gasteiger partial charge in [0.25, 0.3) is 11.8 Å². The van der Waals surface area contributed by atoms with Gasteiger partial charge in [0.1, 0.15) is 18.8 Å². The summed E-state index contributed by atoms with van der Waals surface area (Å²) in [7, 11) is -3.18. The van der Waals surface area contributed by atoms with Crippen molar-refractivity contribution in [1.82, 2.24) is 25.1 Å². The summed E-state index contributed by atoms with van der Waals surface area (Å²) >= 11 is 1.08. The van der Waals surface area contributed by atoms with Gasteiger partial charge in [0.2, 0.25) is 5.88 Å². The fourth-order valence-electron chi connectivity index (χ4n) is 2.46. The molecule has 0 saturated carbocycles. The summed E-state index contributed by atoms with van der Waals surface area (Å²) in [4.78, 5) is 46.0. The molecule has 0 bridgehead atoms. The Labute approximate surface area is 185 Å². The number of hydrogen-bond acceptors (Lipinski definition) is 12. The van der Waals surface area contributed by atoms with Gasteiger partial charge in [-0.15, -0.1) is 11.3 Å². The van der Waals surface area contributed by atoms with Gasteiger partial charge in [-0.3, -0.25) is 14.5 Å². The van der Waals surface area contributed by atoms with E-state index in [1.807, 2.05) is 4.72 Å². The predicted molar refractivity (Wildman–Crippen MR) is 111 cm³/mol. The van der Waals surface area contributed by atoms with E-state index in [4.69, 9.17) is 10.3 Å². The molecule has 3 heterocycles. The molecule has 32 heavy (non-hydrogen) atoms. The molecule has 3 rings (SSSR count). The zero-order valence-corrected chi connectivity index (χ0v) is 18.5. The summed E-state index contributed by atoms with van der Waals surface area (Å²) in [5.74, 6) is -1.79. The van der Waals surface area contributed by atoms with Crippen molar-refractivity contribution in [3.63, 3.8) is 0 Å². The molecule has 0 unspecified atom stereocenters. The second-order valence-corrected chi connectivity index (χ2v) is 8.71. The number of β-lactam (4-membered cyclic amide) rings is 1. The molecule has 5 N–H and O–H groups in total. The van der Waals surface area contributed by atoms with Crippen molar-refractivity contribution < 1.29 is 32.2 Å². The van der Waals surface area contributed by atoms with E-state index in [1.165, 1.54) is 12.5 Å². The molecule has 2 aromatic heterocycles. The molecule has 0 radical (unpaired) electrons. The Morgan fingerprint density at radius 3 is 2.66 bits per heavy atom. The fourth-order valence-corrected chi connectivity index (χ4v) is 3.84. The Kier molecular flexibility index (Phi) is 6.30. The van der Waals surface area contributed by atoms with Crippen LogP contribution in [-0.4, -0.2) is 66.7 Å². The summed E-state index contributed by atoms with van der Waals surface area (Å²) < 4.78 is 32.7. The summed E-state index contributed by atoms with van der Waals surface area (Å²) in [6.45, 7) is 2.90. The van der Waals surface area contributed by atoms with Crippen molar-refractivity contribution >= 4 is 56.1 Å². The van der Waals surface area contributed by atoms with Crippen LogP contribution < -0.4 is 20.5 Å². The number of rotatable bonds is 7. The van der Waals surface area contributed by atoms with E-state index in [0.29, 0.717) is 16.2 Å². The van der Waals surface area contributed by atoms with Crippen LogP contribution in [-0.2, 0) is 24.6 Å². The topological polar surface area (TPSA) is 211 Å². The first kappa shape index (κ1) is 22.9. The van der Waals surface area contributed by atoms with Gasteiger partial charge < -0.3 is 20.4 Å². The van der Waals surface area contributed by atoms with E-state index in [2.05, 4.69) is 25.5 Å². The number of imide groups is 1. The first-order valence-corrected chi connectivity index (χ1v) is 11.1. The Bertz CT molecular complexity index is 1200. The number of nitrogens with zero attached hydrogens (tertiary/aromatic N) is 4. The van der Waals surface area contributed by atoms with Gasteiger partial charge >= 0.3 is 16.2 Å². The first-order chi connectivity index (χ1) is 15.0. The van der Waals surface area contributed by atoms with Crippen LogP contribution in [0.25, 0.3) is 0 Å². The minimum atomic E-state index is -4.40. The summed E-state index contributed by atoms with van der Waals surface area (Å²) in [6, 6.07) is -2.29. The molecule has 0 spiro atoms. The summed E-state index contributed by atoms with van der Waals surface area (Å²) in [5, 5.41) is 11.2. The Morgan fingerprint density at radius 1 is 1.41 bits per heavy atom. The number of anilines is 2. The highest BCUT2D eigenvalue weighted by molar-refractivity contribution is 7.91. The standard InChI is InChI=1S/C15H18N8O7S2/c1-6-7(2)19-30-12(6)21-32(27,28)22-15(26)23-4-8(13(23)25)17-11(24)10(20-29-3)9-5-31-14(16)18-9/h5,8,21H,4H2,1-3H3,(H2,16,18)(H,17,24)(H,22,26)/b20-10-/t8-/m0/s1. The normalized spacial score (nSPS) is 16.3. The fraction of sp³-hybridized carbons (Fsp3) is 0.333. The average molecular weight is 486 g/mol. The van der Waals surface area contributed by atoms with E-state index >= 15 is 0 Å². The Morgan fingerprint density at radius 2 is 2.12 bits per heavy atom. The van der Waals surface area contributed by atoms with Gasteiger partial charge in [0, 0.05) is 10.9 Å². The van der Waals surface area contributed by atoms with Crippen molar-refractivity contribution in [3.05, 3.63) is 22.3 Å². The van der Waals surface area contributed by atoms with E-state index in [9.17, 15) is 22.8 Å². The molecule has 1 aliphatic rings. The zero-order valence-electron chi connectivity index (χ0n) is 16.9. The lowest BCUT2D eigenvalue weighted by Crippen LogP contribution is -2.68. The molecule has 172 valence electrons. The average Bonchev–Trinajstić information content (AvgIpc) is 3.28. The number of thiazole rings is 1. The summed E-state index contributed by atoms with van der Waals surface area (Å²) in [5.41, 5.74) is 6.36. The maximum Gasteiger partial charge on any atom is 0.339 e. The maximum atomic E-state index is 12.4. The van der Waals surface area contributed by atoms with Crippen molar-refractivity contribution in [3.8, 4) is 0 Å². The number of aryl methyl sites for hydroxylation is 1. The molecule has 1 fully saturated rings. The summed E-state index contributed by atoms with van der Waals surface area (Å²) in [6.07, 6.45) is 0. The first-order valence-electron chi connectivity index (χ1n) is 8.74. The number of likely N-dealkylation sites (tertiary alicyclic amines) is 1. The number of nitrogens with one attached hydrogen (secondary N) is 3. The zero-order chi connectivity index (χ0) is 23.6. The molecule has 1 aliphatic heterocycles. The van der Waals surface area contributed by atoms with Crippen LogP contribution in [0.3, 0.4) is 0 Å². The van der Waals surface area contributed by atoms with Crippen LogP contribution >= 0.6 is 11.3 Å². The van der Waals surface area contributed by atoms with Crippen molar-refractivity contribution in [2.75, 3.05) is 24.1 Å². The maximum absolute atomic E-state index is 12.4. The molecule has 0 aromatic carbocycles. The van der Waals surface area contributed by atoms with Crippen LogP contribution in [0.5, 0.6) is 0 Å². The highest BCUT2D eigenvalue weighted by atomic mass is 32.2.